The zero-order valence-electron chi connectivity index (χ0n) is 11.0. The Bertz CT molecular complexity index is 554. The van der Waals surface area contributed by atoms with Crippen LogP contribution >= 0.6 is 0 Å². The Kier molecular flexibility index (Phi) is 3.80. The van der Waals surface area contributed by atoms with Gasteiger partial charge in [-0.2, -0.15) is 4.31 Å². The van der Waals surface area contributed by atoms with Crippen LogP contribution in [0.4, 0.5) is 10.1 Å². The lowest BCUT2D eigenvalue weighted by Gasteiger charge is -2.20. The van der Waals surface area contributed by atoms with Crippen LogP contribution in [0.1, 0.15) is 6.42 Å². The summed E-state index contributed by atoms with van der Waals surface area (Å²) in [5.74, 6) is -0.637. The van der Waals surface area contributed by atoms with Crippen LogP contribution in [-0.2, 0) is 10.0 Å². The van der Waals surface area contributed by atoms with E-state index >= 15 is 0 Å². The van der Waals surface area contributed by atoms with Crippen LogP contribution in [0.15, 0.2) is 23.1 Å². The molecule has 0 aromatic heterocycles. The number of rotatable bonds is 3. The highest BCUT2D eigenvalue weighted by molar-refractivity contribution is 7.89. The Morgan fingerprint density at radius 3 is 2.58 bits per heavy atom. The van der Waals surface area contributed by atoms with Crippen LogP contribution in [0, 0.1) is 5.82 Å². The number of benzene rings is 1. The second-order valence-corrected chi connectivity index (χ2v) is 6.93. The zero-order chi connectivity index (χ0) is 14.2. The number of hydrogen-bond acceptors (Lipinski definition) is 4. The van der Waals surface area contributed by atoms with Gasteiger partial charge in [0.25, 0.3) is 0 Å². The summed E-state index contributed by atoms with van der Waals surface area (Å²) in [5, 5.41) is 0. The molecule has 7 heteroatoms. The number of nitrogens with zero attached hydrogens (tertiary/aromatic N) is 2. The van der Waals surface area contributed by atoms with Gasteiger partial charge in [0.2, 0.25) is 10.0 Å². The minimum atomic E-state index is -3.66. The molecule has 19 heavy (non-hydrogen) atoms. The first-order valence-electron chi connectivity index (χ1n) is 6.03. The fourth-order valence-corrected chi connectivity index (χ4v) is 3.79. The number of hydrogen-bond donors (Lipinski definition) is 1. The largest absolute Gasteiger partial charge is 0.399 e. The normalized spacial score (nSPS) is 21.2. The molecular weight excluding hydrogens is 269 g/mol. The van der Waals surface area contributed by atoms with Crippen LogP contribution in [-0.4, -0.2) is 50.8 Å². The Balaban J connectivity index is 2.28. The van der Waals surface area contributed by atoms with Gasteiger partial charge >= 0.3 is 0 Å². The predicted octanol–water partition coefficient (Wildman–Crippen LogP) is 0.733. The van der Waals surface area contributed by atoms with Crippen molar-refractivity contribution in [3.63, 3.8) is 0 Å². The van der Waals surface area contributed by atoms with Gasteiger partial charge in [0, 0.05) is 24.8 Å². The van der Waals surface area contributed by atoms with Crippen LogP contribution in [0.3, 0.4) is 0 Å². The van der Waals surface area contributed by atoms with E-state index in [0.29, 0.717) is 13.1 Å². The van der Waals surface area contributed by atoms with Gasteiger partial charge < -0.3 is 10.6 Å². The Hall–Kier alpha value is -1.18. The molecular formula is C12H18FN3O2S. The van der Waals surface area contributed by atoms with Crippen molar-refractivity contribution in [2.24, 2.45) is 0 Å². The van der Waals surface area contributed by atoms with Gasteiger partial charge in [-0.15, -0.1) is 0 Å². The van der Waals surface area contributed by atoms with Gasteiger partial charge in [-0.25, -0.2) is 12.8 Å². The van der Waals surface area contributed by atoms with Crippen LogP contribution in [0.2, 0.25) is 0 Å². The standard InChI is InChI=1S/C12H18FN3O2S/c1-15(2)11-3-4-16(8-11)19(17,18)12-6-9(13)5-10(14)7-12/h5-7,11H,3-4,8,14H2,1-2H3. The van der Waals surface area contributed by atoms with Gasteiger partial charge in [0.05, 0.1) is 4.90 Å². The summed E-state index contributed by atoms with van der Waals surface area (Å²) in [6.07, 6.45) is 0.775. The Morgan fingerprint density at radius 2 is 2.05 bits per heavy atom. The quantitative estimate of drug-likeness (QED) is 0.832. The van der Waals surface area contributed by atoms with E-state index in [-0.39, 0.29) is 16.6 Å². The minimum Gasteiger partial charge on any atom is -0.399 e. The van der Waals surface area contributed by atoms with Crippen molar-refractivity contribution < 1.29 is 12.8 Å². The molecule has 0 spiro atoms. The number of nitrogen functional groups attached to an aromatic ring is 1. The fourth-order valence-electron chi connectivity index (χ4n) is 2.23. The van der Waals surface area contributed by atoms with Crippen molar-refractivity contribution >= 4 is 15.7 Å². The predicted molar refractivity (Wildman–Crippen MR) is 71.7 cm³/mol. The molecule has 1 heterocycles. The van der Waals surface area contributed by atoms with E-state index in [0.717, 1.165) is 18.6 Å². The first-order valence-corrected chi connectivity index (χ1v) is 7.47. The SMILES string of the molecule is CN(C)C1CCN(S(=O)(=O)c2cc(N)cc(F)c2)C1. The monoisotopic (exact) mass is 287 g/mol. The summed E-state index contributed by atoms with van der Waals surface area (Å²) in [6, 6.07) is 3.60. The molecule has 1 fully saturated rings. The molecule has 1 aliphatic heterocycles. The number of sulfonamides is 1. The lowest BCUT2D eigenvalue weighted by Crippen LogP contribution is -2.34. The number of halogens is 1. The fraction of sp³-hybridized carbons (Fsp3) is 0.500. The number of anilines is 1. The molecule has 2 rings (SSSR count). The molecule has 1 aromatic carbocycles. The Labute approximate surface area is 112 Å². The molecule has 0 amide bonds. The minimum absolute atomic E-state index is 0.0793. The molecule has 0 aliphatic carbocycles. The lowest BCUT2D eigenvalue weighted by atomic mass is 10.2. The van der Waals surface area contributed by atoms with Crippen molar-refractivity contribution in [3.8, 4) is 0 Å². The van der Waals surface area contributed by atoms with Crippen molar-refractivity contribution in [1.29, 1.82) is 0 Å². The maximum absolute atomic E-state index is 13.3. The number of likely N-dealkylation sites (N-methyl/N-ethyl adjacent to an activating group) is 1. The number of nitrogens with two attached hydrogens (primary N) is 1. The molecule has 1 aromatic rings. The molecule has 1 atom stereocenters. The van der Waals surface area contributed by atoms with E-state index in [1.165, 1.54) is 10.4 Å². The third kappa shape index (κ3) is 2.88. The van der Waals surface area contributed by atoms with Crippen molar-refractivity contribution in [2.75, 3.05) is 32.9 Å². The van der Waals surface area contributed by atoms with Gasteiger partial charge in [0.15, 0.2) is 0 Å². The highest BCUT2D eigenvalue weighted by Crippen LogP contribution is 2.24. The first-order chi connectivity index (χ1) is 8.80. The summed E-state index contributed by atoms with van der Waals surface area (Å²) < 4.78 is 39.4. The zero-order valence-corrected chi connectivity index (χ0v) is 11.8. The third-order valence-corrected chi connectivity index (χ3v) is 5.23. The van der Waals surface area contributed by atoms with Crippen molar-refractivity contribution in [2.45, 2.75) is 17.4 Å². The average molecular weight is 287 g/mol. The van der Waals surface area contributed by atoms with Crippen molar-refractivity contribution in [3.05, 3.63) is 24.0 Å². The van der Waals surface area contributed by atoms with E-state index in [9.17, 15) is 12.8 Å². The van der Waals surface area contributed by atoms with Gasteiger partial charge in [0.1, 0.15) is 5.82 Å². The van der Waals surface area contributed by atoms with Crippen molar-refractivity contribution in [1.82, 2.24) is 9.21 Å². The summed E-state index contributed by atoms with van der Waals surface area (Å²) in [6.45, 7) is 0.868. The van der Waals surface area contributed by atoms with E-state index in [4.69, 9.17) is 5.73 Å². The highest BCUT2D eigenvalue weighted by atomic mass is 32.2. The summed E-state index contributed by atoms with van der Waals surface area (Å²) >= 11 is 0. The van der Waals surface area contributed by atoms with Gasteiger partial charge in [-0.1, -0.05) is 0 Å². The van der Waals surface area contributed by atoms with E-state index in [1.54, 1.807) is 0 Å². The smallest absolute Gasteiger partial charge is 0.243 e. The van der Waals surface area contributed by atoms with Crippen LogP contribution in [0.25, 0.3) is 0 Å². The molecule has 106 valence electrons. The van der Waals surface area contributed by atoms with Crippen LogP contribution < -0.4 is 5.73 Å². The van der Waals surface area contributed by atoms with E-state index in [2.05, 4.69) is 0 Å². The molecule has 1 aliphatic rings. The second kappa shape index (κ2) is 5.07. The highest BCUT2D eigenvalue weighted by Gasteiger charge is 2.33. The third-order valence-electron chi connectivity index (χ3n) is 3.39. The summed E-state index contributed by atoms with van der Waals surface area (Å²) in [7, 11) is 0.172. The average Bonchev–Trinajstić information content (AvgIpc) is 2.77. The first kappa shape index (κ1) is 14.2. The molecule has 1 unspecified atom stereocenters. The Morgan fingerprint density at radius 1 is 1.37 bits per heavy atom. The summed E-state index contributed by atoms with van der Waals surface area (Å²) in [4.78, 5) is 1.92. The maximum Gasteiger partial charge on any atom is 0.243 e. The van der Waals surface area contributed by atoms with E-state index in [1.807, 2.05) is 19.0 Å². The molecule has 0 radical (unpaired) electrons. The second-order valence-electron chi connectivity index (χ2n) is 4.99. The topological polar surface area (TPSA) is 66.6 Å². The molecule has 2 N–H and O–H groups in total. The lowest BCUT2D eigenvalue weighted by molar-refractivity contribution is 0.302. The van der Waals surface area contributed by atoms with Gasteiger partial charge in [-0.05, 0) is 38.7 Å². The molecule has 0 bridgehead atoms. The van der Waals surface area contributed by atoms with Gasteiger partial charge in [-0.3, -0.25) is 0 Å². The molecule has 1 saturated heterocycles. The summed E-state index contributed by atoms with van der Waals surface area (Å²) in [5.41, 5.74) is 5.61. The van der Waals surface area contributed by atoms with Crippen LogP contribution in [0.5, 0.6) is 0 Å². The van der Waals surface area contributed by atoms with E-state index < -0.39 is 15.8 Å². The molecule has 0 saturated carbocycles. The maximum atomic E-state index is 13.3. The molecule has 5 nitrogen and oxygen atoms in total.